The molecule has 0 aromatic heterocycles. The SMILES string of the molecule is COc1cc(Cc2ccccc2Cc2ccccc2C=O)c(Cc2ccccc2Cc2ccccc2C=O)cc1OC. The summed E-state index contributed by atoms with van der Waals surface area (Å²) in [5.41, 5.74) is 10.5. The first kappa shape index (κ1) is 28.6. The van der Waals surface area contributed by atoms with Crippen molar-refractivity contribution in [1.82, 2.24) is 0 Å². The van der Waals surface area contributed by atoms with E-state index in [-0.39, 0.29) is 0 Å². The van der Waals surface area contributed by atoms with Crippen LogP contribution in [0, 0.1) is 0 Å². The molecule has 5 aromatic carbocycles. The van der Waals surface area contributed by atoms with Gasteiger partial charge in [0.2, 0.25) is 0 Å². The van der Waals surface area contributed by atoms with Crippen LogP contribution >= 0.6 is 0 Å². The number of methoxy groups -OCH3 is 2. The number of benzene rings is 5. The van der Waals surface area contributed by atoms with Crippen molar-refractivity contribution in [2.24, 2.45) is 0 Å². The molecule has 5 rings (SSSR count). The standard InChI is InChI=1S/C38H34O4/c1-41-37-23-35(21-29-13-5-3-11-27(29)19-31-15-7-9-17-33(31)25-39)36(24-38(37)42-2)22-30-14-6-4-12-28(30)20-32-16-8-10-18-34(32)26-40/h3-18,23-26H,19-22H2,1-2H3. The number of ether oxygens (including phenoxy) is 2. The van der Waals surface area contributed by atoms with Gasteiger partial charge in [-0.3, -0.25) is 9.59 Å². The summed E-state index contributed by atoms with van der Waals surface area (Å²) in [5, 5.41) is 0. The van der Waals surface area contributed by atoms with Gasteiger partial charge < -0.3 is 9.47 Å². The van der Waals surface area contributed by atoms with Crippen LogP contribution in [0.5, 0.6) is 11.5 Å². The maximum atomic E-state index is 11.7. The molecule has 0 aliphatic rings. The third-order valence-electron chi connectivity index (χ3n) is 7.83. The highest BCUT2D eigenvalue weighted by molar-refractivity contribution is 5.78. The van der Waals surface area contributed by atoms with Crippen molar-refractivity contribution in [1.29, 1.82) is 0 Å². The molecule has 0 atom stereocenters. The zero-order valence-electron chi connectivity index (χ0n) is 24.0. The molecular formula is C38H34O4. The summed E-state index contributed by atoms with van der Waals surface area (Å²) >= 11 is 0. The summed E-state index contributed by atoms with van der Waals surface area (Å²) in [5.74, 6) is 1.38. The highest BCUT2D eigenvalue weighted by Gasteiger charge is 2.16. The molecule has 0 unspecified atom stereocenters. The average Bonchev–Trinajstić information content (AvgIpc) is 3.03. The van der Waals surface area contributed by atoms with E-state index in [9.17, 15) is 9.59 Å². The maximum Gasteiger partial charge on any atom is 0.161 e. The Balaban J connectivity index is 1.52. The molecule has 4 heteroatoms. The van der Waals surface area contributed by atoms with Gasteiger partial charge in [0.15, 0.2) is 11.5 Å². The van der Waals surface area contributed by atoms with Crippen LogP contribution in [-0.4, -0.2) is 26.8 Å². The second-order valence-corrected chi connectivity index (χ2v) is 10.4. The summed E-state index contributed by atoms with van der Waals surface area (Å²) in [6, 6.07) is 36.4. The first-order valence-electron chi connectivity index (χ1n) is 14.1. The van der Waals surface area contributed by atoms with Gasteiger partial charge in [0.1, 0.15) is 12.6 Å². The lowest BCUT2D eigenvalue weighted by Crippen LogP contribution is -2.05. The molecule has 0 bridgehead atoms. The first-order chi connectivity index (χ1) is 20.6. The predicted molar refractivity (Wildman–Crippen MR) is 167 cm³/mol. The molecule has 5 aromatic rings. The molecule has 4 nitrogen and oxygen atoms in total. The van der Waals surface area contributed by atoms with E-state index in [0.29, 0.717) is 48.3 Å². The molecule has 0 saturated heterocycles. The molecule has 210 valence electrons. The van der Waals surface area contributed by atoms with Crippen LogP contribution in [0.25, 0.3) is 0 Å². The summed E-state index contributed by atoms with van der Waals surface area (Å²) in [6.07, 6.45) is 4.60. The summed E-state index contributed by atoms with van der Waals surface area (Å²) in [4.78, 5) is 23.4. The van der Waals surface area contributed by atoms with E-state index >= 15 is 0 Å². The molecule has 42 heavy (non-hydrogen) atoms. The normalized spacial score (nSPS) is 10.7. The Morgan fingerprint density at radius 1 is 0.429 bits per heavy atom. The third-order valence-corrected chi connectivity index (χ3v) is 7.83. The number of hydrogen-bond donors (Lipinski definition) is 0. The Morgan fingerprint density at radius 2 is 0.714 bits per heavy atom. The zero-order chi connectivity index (χ0) is 29.3. The van der Waals surface area contributed by atoms with E-state index in [4.69, 9.17) is 9.47 Å². The molecule has 0 aliphatic carbocycles. The van der Waals surface area contributed by atoms with Crippen molar-refractivity contribution in [3.8, 4) is 11.5 Å². The van der Waals surface area contributed by atoms with Gasteiger partial charge in [-0.25, -0.2) is 0 Å². The highest BCUT2D eigenvalue weighted by atomic mass is 16.5. The fourth-order valence-electron chi connectivity index (χ4n) is 5.54. The van der Waals surface area contributed by atoms with Crippen molar-refractivity contribution in [3.05, 3.63) is 165 Å². The van der Waals surface area contributed by atoms with Gasteiger partial charge in [0.25, 0.3) is 0 Å². The van der Waals surface area contributed by atoms with Crippen LogP contribution in [0.15, 0.2) is 109 Å². The summed E-state index contributed by atoms with van der Waals surface area (Å²) in [7, 11) is 3.32. The van der Waals surface area contributed by atoms with E-state index in [1.54, 1.807) is 14.2 Å². The van der Waals surface area contributed by atoms with Gasteiger partial charge >= 0.3 is 0 Å². The van der Waals surface area contributed by atoms with Gasteiger partial charge in [0, 0.05) is 11.1 Å². The van der Waals surface area contributed by atoms with E-state index < -0.39 is 0 Å². The molecule has 0 N–H and O–H groups in total. The largest absolute Gasteiger partial charge is 0.493 e. The fraction of sp³-hybridized carbons (Fsp3) is 0.158. The lowest BCUT2D eigenvalue weighted by molar-refractivity contribution is 0.111. The smallest absolute Gasteiger partial charge is 0.161 e. The Bertz CT molecular complexity index is 1580. The molecule has 0 saturated carbocycles. The second-order valence-electron chi connectivity index (χ2n) is 10.4. The van der Waals surface area contributed by atoms with E-state index in [2.05, 4.69) is 48.5 Å². The minimum Gasteiger partial charge on any atom is -0.493 e. The quantitative estimate of drug-likeness (QED) is 0.148. The van der Waals surface area contributed by atoms with E-state index in [1.807, 2.05) is 60.7 Å². The Morgan fingerprint density at radius 3 is 1.02 bits per heavy atom. The Kier molecular flexibility index (Phi) is 9.25. The van der Waals surface area contributed by atoms with Crippen molar-refractivity contribution in [2.75, 3.05) is 14.2 Å². The monoisotopic (exact) mass is 554 g/mol. The summed E-state index contributed by atoms with van der Waals surface area (Å²) < 4.78 is 11.4. The Labute approximate surface area is 247 Å². The van der Waals surface area contributed by atoms with Crippen LogP contribution in [0.1, 0.15) is 65.2 Å². The van der Waals surface area contributed by atoms with Crippen molar-refractivity contribution >= 4 is 12.6 Å². The number of carbonyl (C=O) groups is 2. The maximum absolute atomic E-state index is 11.7. The fourth-order valence-corrected chi connectivity index (χ4v) is 5.54. The Hall–Kier alpha value is -4.96. The molecule has 0 radical (unpaired) electrons. The third kappa shape index (κ3) is 6.50. The van der Waals surface area contributed by atoms with Gasteiger partial charge in [-0.1, -0.05) is 97.1 Å². The second kappa shape index (κ2) is 13.6. The number of carbonyl (C=O) groups excluding carboxylic acids is 2. The van der Waals surface area contributed by atoms with Crippen molar-refractivity contribution in [2.45, 2.75) is 25.7 Å². The van der Waals surface area contributed by atoms with Crippen molar-refractivity contribution < 1.29 is 19.1 Å². The molecule has 0 spiro atoms. The first-order valence-corrected chi connectivity index (χ1v) is 14.1. The van der Waals surface area contributed by atoms with Gasteiger partial charge in [-0.05, 0) is 82.3 Å². The minimum absolute atomic E-state index is 0.673. The van der Waals surface area contributed by atoms with Crippen LogP contribution in [0.4, 0.5) is 0 Å². The number of aldehydes is 2. The molecule has 0 aliphatic heterocycles. The van der Waals surface area contributed by atoms with Crippen LogP contribution < -0.4 is 9.47 Å². The zero-order valence-corrected chi connectivity index (χ0v) is 24.0. The van der Waals surface area contributed by atoms with Crippen molar-refractivity contribution in [3.63, 3.8) is 0 Å². The molecular weight excluding hydrogens is 520 g/mol. The number of hydrogen-bond acceptors (Lipinski definition) is 4. The number of rotatable bonds is 12. The van der Waals surface area contributed by atoms with Gasteiger partial charge in [-0.15, -0.1) is 0 Å². The lowest BCUT2D eigenvalue weighted by Gasteiger charge is -2.18. The summed E-state index contributed by atoms with van der Waals surface area (Å²) in [6.45, 7) is 0. The topological polar surface area (TPSA) is 52.6 Å². The van der Waals surface area contributed by atoms with E-state index in [1.165, 1.54) is 22.3 Å². The van der Waals surface area contributed by atoms with Gasteiger partial charge in [-0.2, -0.15) is 0 Å². The predicted octanol–water partition coefficient (Wildman–Crippen LogP) is 7.69. The van der Waals surface area contributed by atoms with Gasteiger partial charge in [0.05, 0.1) is 14.2 Å². The molecule has 0 amide bonds. The molecule has 0 heterocycles. The lowest BCUT2D eigenvalue weighted by atomic mass is 9.88. The van der Waals surface area contributed by atoms with Crippen LogP contribution in [0.3, 0.4) is 0 Å². The van der Waals surface area contributed by atoms with E-state index in [0.717, 1.165) is 34.8 Å². The molecule has 0 fully saturated rings. The minimum atomic E-state index is 0.673. The average molecular weight is 555 g/mol. The van der Waals surface area contributed by atoms with Crippen LogP contribution in [-0.2, 0) is 25.7 Å². The highest BCUT2D eigenvalue weighted by Crippen LogP contribution is 2.34. The van der Waals surface area contributed by atoms with Crippen LogP contribution in [0.2, 0.25) is 0 Å².